The Morgan fingerprint density at radius 1 is 1.32 bits per heavy atom. The molecular formula is C15H19FN2O. The summed E-state index contributed by atoms with van der Waals surface area (Å²) in [5, 5.41) is 3.33. The van der Waals surface area contributed by atoms with Crippen LogP contribution in [0.25, 0.3) is 11.5 Å². The summed E-state index contributed by atoms with van der Waals surface area (Å²) in [4.78, 5) is 4.36. The molecule has 102 valence electrons. The molecule has 0 unspecified atom stereocenters. The lowest BCUT2D eigenvalue weighted by Crippen LogP contribution is -2.35. The van der Waals surface area contributed by atoms with Crippen molar-refractivity contribution in [2.75, 3.05) is 0 Å². The SMILES string of the molecule is Cc1ccc(-c2nc(CNC(C)(C)C)co2)cc1F. The topological polar surface area (TPSA) is 38.1 Å². The van der Waals surface area contributed by atoms with Gasteiger partial charge in [0.1, 0.15) is 12.1 Å². The van der Waals surface area contributed by atoms with E-state index in [1.165, 1.54) is 6.07 Å². The molecule has 0 fully saturated rings. The van der Waals surface area contributed by atoms with Crippen molar-refractivity contribution < 1.29 is 8.81 Å². The zero-order valence-electron chi connectivity index (χ0n) is 11.7. The van der Waals surface area contributed by atoms with Gasteiger partial charge in [-0.1, -0.05) is 6.07 Å². The Hall–Kier alpha value is -1.68. The van der Waals surface area contributed by atoms with Crippen LogP contribution in [0.5, 0.6) is 0 Å². The van der Waals surface area contributed by atoms with Crippen LogP contribution in [0.3, 0.4) is 0 Å². The van der Waals surface area contributed by atoms with Crippen molar-refractivity contribution in [1.29, 1.82) is 0 Å². The number of benzene rings is 1. The highest BCUT2D eigenvalue weighted by Crippen LogP contribution is 2.21. The third kappa shape index (κ3) is 3.64. The first-order valence-corrected chi connectivity index (χ1v) is 6.31. The molecule has 4 heteroatoms. The summed E-state index contributed by atoms with van der Waals surface area (Å²) in [7, 11) is 0. The van der Waals surface area contributed by atoms with Gasteiger partial charge < -0.3 is 9.73 Å². The van der Waals surface area contributed by atoms with Crippen LogP contribution in [0, 0.1) is 12.7 Å². The summed E-state index contributed by atoms with van der Waals surface area (Å²) in [6.45, 7) is 8.62. The van der Waals surface area contributed by atoms with Gasteiger partial charge in [-0.05, 0) is 45.4 Å². The molecule has 1 N–H and O–H groups in total. The van der Waals surface area contributed by atoms with Crippen LogP contribution in [0.2, 0.25) is 0 Å². The van der Waals surface area contributed by atoms with E-state index in [1.54, 1.807) is 19.3 Å². The number of rotatable bonds is 3. The van der Waals surface area contributed by atoms with E-state index in [0.29, 0.717) is 23.6 Å². The van der Waals surface area contributed by atoms with E-state index in [1.807, 2.05) is 6.07 Å². The fourth-order valence-corrected chi connectivity index (χ4v) is 1.60. The number of nitrogens with one attached hydrogen (secondary N) is 1. The molecule has 1 aromatic heterocycles. The summed E-state index contributed by atoms with van der Waals surface area (Å²) >= 11 is 0. The zero-order chi connectivity index (χ0) is 14.0. The second kappa shape index (κ2) is 5.13. The Balaban J connectivity index is 2.14. The monoisotopic (exact) mass is 262 g/mol. The van der Waals surface area contributed by atoms with Crippen LogP contribution in [-0.4, -0.2) is 10.5 Å². The molecule has 0 atom stereocenters. The Bertz CT molecular complexity index is 570. The molecule has 0 aliphatic rings. The molecule has 0 aliphatic heterocycles. The largest absolute Gasteiger partial charge is 0.444 e. The van der Waals surface area contributed by atoms with E-state index in [9.17, 15) is 4.39 Å². The lowest BCUT2D eigenvalue weighted by Gasteiger charge is -2.19. The van der Waals surface area contributed by atoms with E-state index < -0.39 is 0 Å². The quantitative estimate of drug-likeness (QED) is 0.917. The van der Waals surface area contributed by atoms with Crippen LogP contribution in [0.15, 0.2) is 28.9 Å². The maximum Gasteiger partial charge on any atom is 0.226 e. The van der Waals surface area contributed by atoms with Gasteiger partial charge in [0.25, 0.3) is 0 Å². The summed E-state index contributed by atoms with van der Waals surface area (Å²) in [6.07, 6.45) is 1.60. The van der Waals surface area contributed by atoms with Gasteiger partial charge in [-0.3, -0.25) is 0 Å². The van der Waals surface area contributed by atoms with Crippen LogP contribution in [0.4, 0.5) is 4.39 Å². The van der Waals surface area contributed by atoms with E-state index >= 15 is 0 Å². The first kappa shape index (κ1) is 13.7. The van der Waals surface area contributed by atoms with E-state index in [4.69, 9.17) is 4.42 Å². The van der Waals surface area contributed by atoms with Crippen molar-refractivity contribution in [3.63, 3.8) is 0 Å². The molecule has 2 aromatic rings. The van der Waals surface area contributed by atoms with E-state index in [0.717, 1.165) is 5.69 Å². The highest BCUT2D eigenvalue weighted by molar-refractivity contribution is 5.54. The van der Waals surface area contributed by atoms with Gasteiger partial charge in [0.05, 0.1) is 5.69 Å². The lowest BCUT2D eigenvalue weighted by molar-refractivity contribution is 0.421. The van der Waals surface area contributed by atoms with Crippen LogP contribution in [0.1, 0.15) is 32.0 Å². The molecule has 0 radical (unpaired) electrons. The van der Waals surface area contributed by atoms with E-state index in [2.05, 4.69) is 31.1 Å². The van der Waals surface area contributed by atoms with Gasteiger partial charge in [0.15, 0.2) is 0 Å². The highest BCUT2D eigenvalue weighted by atomic mass is 19.1. The van der Waals surface area contributed by atoms with Crippen LogP contribution < -0.4 is 5.32 Å². The molecule has 1 heterocycles. The summed E-state index contributed by atoms with van der Waals surface area (Å²) in [5.74, 6) is 0.203. The maximum atomic E-state index is 13.5. The Labute approximate surface area is 112 Å². The molecule has 0 spiro atoms. The molecule has 0 bridgehead atoms. The second-order valence-electron chi connectivity index (χ2n) is 5.71. The fraction of sp³-hybridized carbons (Fsp3) is 0.400. The number of aryl methyl sites for hydroxylation is 1. The molecular weight excluding hydrogens is 243 g/mol. The van der Waals surface area contributed by atoms with Crippen molar-refractivity contribution in [3.05, 3.63) is 41.5 Å². The Morgan fingerprint density at radius 2 is 2.05 bits per heavy atom. The van der Waals surface area contributed by atoms with Gasteiger partial charge in [-0.25, -0.2) is 9.37 Å². The lowest BCUT2D eigenvalue weighted by atomic mass is 10.1. The minimum absolute atomic E-state index is 0.0229. The van der Waals surface area contributed by atoms with Gasteiger partial charge in [-0.2, -0.15) is 0 Å². The molecule has 19 heavy (non-hydrogen) atoms. The predicted octanol–water partition coefficient (Wildman–Crippen LogP) is 3.68. The number of hydrogen-bond donors (Lipinski definition) is 1. The van der Waals surface area contributed by atoms with Gasteiger partial charge in [0.2, 0.25) is 5.89 Å². The average Bonchev–Trinajstić information content (AvgIpc) is 2.78. The molecule has 1 aromatic carbocycles. The van der Waals surface area contributed by atoms with Gasteiger partial charge >= 0.3 is 0 Å². The molecule has 0 aliphatic carbocycles. The number of halogens is 1. The Morgan fingerprint density at radius 3 is 2.68 bits per heavy atom. The number of aromatic nitrogens is 1. The number of oxazole rings is 1. The molecule has 0 amide bonds. The van der Waals surface area contributed by atoms with Crippen molar-refractivity contribution in [3.8, 4) is 11.5 Å². The van der Waals surface area contributed by atoms with E-state index in [-0.39, 0.29) is 11.4 Å². The van der Waals surface area contributed by atoms with Crippen molar-refractivity contribution >= 4 is 0 Å². The fourth-order valence-electron chi connectivity index (χ4n) is 1.60. The first-order chi connectivity index (χ1) is 8.85. The van der Waals surface area contributed by atoms with Crippen molar-refractivity contribution in [2.24, 2.45) is 0 Å². The first-order valence-electron chi connectivity index (χ1n) is 6.31. The number of hydrogen-bond acceptors (Lipinski definition) is 3. The predicted molar refractivity (Wildman–Crippen MR) is 73.2 cm³/mol. The van der Waals surface area contributed by atoms with Gasteiger partial charge in [-0.15, -0.1) is 0 Å². The molecule has 0 saturated carbocycles. The third-order valence-corrected chi connectivity index (χ3v) is 2.77. The van der Waals surface area contributed by atoms with Crippen LogP contribution in [-0.2, 0) is 6.54 Å². The smallest absolute Gasteiger partial charge is 0.226 e. The zero-order valence-corrected chi connectivity index (χ0v) is 11.7. The summed E-state index contributed by atoms with van der Waals surface area (Å²) < 4.78 is 18.9. The number of nitrogens with zero attached hydrogens (tertiary/aromatic N) is 1. The average molecular weight is 262 g/mol. The van der Waals surface area contributed by atoms with Crippen LogP contribution >= 0.6 is 0 Å². The standard InChI is InChI=1S/C15H19FN2O/c1-10-5-6-11(7-13(10)16)14-18-12(9-19-14)8-17-15(2,3)4/h5-7,9,17H,8H2,1-4H3. The normalized spacial score (nSPS) is 11.8. The van der Waals surface area contributed by atoms with Crippen molar-refractivity contribution in [1.82, 2.24) is 10.3 Å². The highest BCUT2D eigenvalue weighted by Gasteiger charge is 2.12. The third-order valence-electron chi connectivity index (χ3n) is 2.77. The molecule has 0 saturated heterocycles. The Kier molecular flexibility index (Phi) is 3.71. The minimum Gasteiger partial charge on any atom is -0.444 e. The van der Waals surface area contributed by atoms with Crippen molar-refractivity contribution in [2.45, 2.75) is 39.8 Å². The molecule has 2 rings (SSSR count). The molecule has 3 nitrogen and oxygen atoms in total. The minimum atomic E-state index is -0.245. The summed E-state index contributed by atoms with van der Waals surface area (Å²) in [6, 6.07) is 4.98. The maximum absolute atomic E-state index is 13.5. The van der Waals surface area contributed by atoms with Gasteiger partial charge in [0, 0.05) is 17.6 Å². The summed E-state index contributed by atoms with van der Waals surface area (Å²) in [5.41, 5.74) is 2.11. The second-order valence-corrected chi connectivity index (χ2v) is 5.71.